The van der Waals surface area contributed by atoms with Crippen molar-refractivity contribution in [3.63, 3.8) is 0 Å². The summed E-state index contributed by atoms with van der Waals surface area (Å²) in [5.41, 5.74) is 2.38. The maximum Gasteiger partial charge on any atom is 0.151 e. The summed E-state index contributed by atoms with van der Waals surface area (Å²) >= 11 is 0. The van der Waals surface area contributed by atoms with Gasteiger partial charge in [0.05, 0.1) is 6.20 Å². The van der Waals surface area contributed by atoms with Gasteiger partial charge in [0.2, 0.25) is 0 Å². The molecule has 6 nitrogen and oxygen atoms in total. The normalized spacial score (nSPS) is 19.2. The third-order valence-electron chi connectivity index (χ3n) is 3.82. The van der Waals surface area contributed by atoms with Gasteiger partial charge in [-0.05, 0) is 31.9 Å². The van der Waals surface area contributed by atoms with Crippen LogP contribution in [0.15, 0.2) is 24.5 Å². The number of hydrogen-bond acceptors (Lipinski definition) is 5. The second-order valence-corrected chi connectivity index (χ2v) is 5.27. The van der Waals surface area contributed by atoms with E-state index in [0.29, 0.717) is 6.04 Å². The van der Waals surface area contributed by atoms with E-state index in [0.717, 1.165) is 31.1 Å². The summed E-state index contributed by atoms with van der Waals surface area (Å²) < 4.78 is 0. The molecule has 3 heterocycles. The molecule has 1 saturated heterocycles. The zero-order valence-electron chi connectivity index (χ0n) is 11.7. The lowest BCUT2D eigenvalue weighted by Crippen LogP contribution is -2.45. The second kappa shape index (κ2) is 6.00. The van der Waals surface area contributed by atoms with Crippen LogP contribution in [0.1, 0.15) is 24.1 Å². The summed E-state index contributed by atoms with van der Waals surface area (Å²) in [6, 6.07) is 4.45. The Morgan fingerprint density at radius 3 is 3.20 bits per heavy atom. The van der Waals surface area contributed by atoms with Gasteiger partial charge in [0.15, 0.2) is 5.82 Å². The molecule has 1 fully saturated rings. The first-order valence-corrected chi connectivity index (χ1v) is 7.08. The molecular weight excluding hydrogens is 252 g/mol. The van der Waals surface area contributed by atoms with Crippen LogP contribution in [0, 0.1) is 6.92 Å². The zero-order valence-corrected chi connectivity index (χ0v) is 11.7. The lowest BCUT2D eigenvalue weighted by atomic mass is 10.1. The molecule has 0 aromatic carbocycles. The molecule has 6 heteroatoms. The van der Waals surface area contributed by atoms with Crippen molar-refractivity contribution in [2.24, 2.45) is 0 Å². The number of hydrogen-bond donors (Lipinski definition) is 2. The van der Waals surface area contributed by atoms with Gasteiger partial charge in [0.1, 0.15) is 0 Å². The van der Waals surface area contributed by atoms with Crippen molar-refractivity contribution in [1.82, 2.24) is 25.7 Å². The molecule has 2 N–H and O–H groups in total. The van der Waals surface area contributed by atoms with Crippen LogP contribution in [0.3, 0.4) is 0 Å². The van der Waals surface area contributed by atoms with Gasteiger partial charge < -0.3 is 10.2 Å². The van der Waals surface area contributed by atoms with Crippen molar-refractivity contribution < 1.29 is 0 Å². The van der Waals surface area contributed by atoms with Crippen LogP contribution in [0.2, 0.25) is 0 Å². The largest absolute Gasteiger partial charge is 0.354 e. The smallest absolute Gasteiger partial charge is 0.151 e. The van der Waals surface area contributed by atoms with Crippen LogP contribution in [-0.2, 0) is 6.54 Å². The molecule has 0 amide bonds. The second-order valence-electron chi connectivity index (χ2n) is 5.27. The van der Waals surface area contributed by atoms with Crippen LogP contribution in [0.25, 0.3) is 0 Å². The third kappa shape index (κ3) is 2.96. The van der Waals surface area contributed by atoms with E-state index in [-0.39, 0.29) is 0 Å². The Kier molecular flexibility index (Phi) is 3.92. The summed E-state index contributed by atoms with van der Waals surface area (Å²) in [6.45, 7) is 4.95. The number of aryl methyl sites for hydroxylation is 1. The minimum Gasteiger partial charge on any atom is -0.354 e. The predicted molar refractivity (Wildman–Crippen MR) is 77.4 cm³/mol. The molecule has 2 aromatic rings. The van der Waals surface area contributed by atoms with E-state index in [1.165, 1.54) is 18.4 Å². The van der Waals surface area contributed by atoms with Gasteiger partial charge in [0.25, 0.3) is 0 Å². The maximum atomic E-state index is 4.19. The monoisotopic (exact) mass is 272 g/mol. The molecule has 3 rings (SSSR count). The van der Waals surface area contributed by atoms with Crippen LogP contribution >= 0.6 is 0 Å². The Hall–Kier alpha value is -1.95. The third-order valence-corrected chi connectivity index (χ3v) is 3.82. The maximum absolute atomic E-state index is 4.19. The Labute approximate surface area is 118 Å². The molecule has 1 aliphatic heterocycles. The molecular formula is C14H20N6. The van der Waals surface area contributed by atoms with Gasteiger partial charge >= 0.3 is 0 Å². The van der Waals surface area contributed by atoms with Crippen molar-refractivity contribution in [3.05, 3.63) is 35.8 Å². The fourth-order valence-corrected chi connectivity index (χ4v) is 2.62. The van der Waals surface area contributed by atoms with E-state index in [1.54, 1.807) is 6.20 Å². The highest BCUT2D eigenvalue weighted by molar-refractivity contribution is 5.37. The lowest BCUT2D eigenvalue weighted by molar-refractivity contribution is 0.419. The SMILES string of the molecule is Cc1[nH]ncc1CNC1CCCN(c2cccnn2)C1. The fourth-order valence-electron chi connectivity index (χ4n) is 2.62. The Balaban J connectivity index is 1.57. The van der Waals surface area contributed by atoms with E-state index >= 15 is 0 Å². The van der Waals surface area contributed by atoms with Crippen molar-refractivity contribution in [2.75, 3.05) is 18.0 Å². The van der Waals surface area contributed by atoms with Gasteiger partial charge in [-0.15, -0.1) is 5.10 Å². The first-order chi connectivity index (χ1) is 9.83. The van der Waals surface area contributed by atoms with Gasteiger partial charge in [-0.1, -0.05) is 0 Å². The summed E-state index contributed by atoms with van der Waals surface area (Å²) in [4.78, 5) is 2.30. The number of anilines is 1. The molecule has 1 atom stereocenters. The predicted octanol–water partition coefficient (Wildman–Crippen LogP) is 1.27. The first-order valence-electron chi connectivity index (χ1n) is 7.08. The topological polar surface area (TPSA) is 69.7 Å². The Morgan fingerprint density at radius 2 is 2.45 bits per heavy atom. The fraction of sp³-hybridized carbons (Fsp3) is 0.500. The summed E-state index contributed by atoms with van der Waals surface area (Å²) in [5, 5.41) is 18.8. The molecule has 20 heavy (non-hydrogen) atoms. The minimum atomic E-state index is 0.486. The zero-order chi connectivity index (χ0) is 13.8. The molecule has 0 spiro atoms. The number of nitrogens with zero attached hydrogens (tertiary/aromatic N) is 4. The van der Waals surface area contributed by atoms with E-state index in [4.69, 9.17) is 0 Å². The van der Waals surface area contributed by atoms with Crippen LogP contribution < -0.4 is 10.2 Å². The standard InChI is InChI=1S/C14H20N6/c1-11-12(9-17-18-11)8-15-13-4-3-7-20(10-13)14-5-2-6-16-19-14/h2,5-6,9,13,15H,3-4,7-8,10H2,1H3,(H,17,18). The summed E-state index contributed by atoms with van der Waals surface area (Å²) in [5.74, 6) is 0.971. The van der Waals surface area contributed by atoms with Gasteiger partial charge in [0, 0.05) is 43.1 Å². The number of rotatable bonds is 4. The van der Waals surface area contributed by atoms with E-state index in [9.17, 15) is 0 Å². The van der Waals surface area contributed by atoms with E-state index in [2.05, 4.69) is 37.5 Å². The first kappa shape index (κ1) is 13.1. The van der Waals surface area contributed by atoms with E-state index < -0.39 is 0 Å². The molecule has 0 saturated carbocycles. The Bertz CT molecular complexity index is 538. The number of aromatic amines is 1. The molecule has 2 aromatic heterocycles. The number of nitrogens with one attached hydrogen (secondary N) is 2. The molecule has 1 unspecified atom stereocenters. The van der Waals surface area contributed by atoms with Gasteiger partial charge in [-0.3, -0.25) is 5.10 Å². The van der Waals surface area contributed by atoms with Gasteiger partial charge in [-0.2, -0.15) is 10.2 Å². The molecule has 0 radical (unpaired) electrons. The Morgan fingerprint density at radius 1 is 1.50 bits per heavy atom. The molecule has 0 aliphatic carbocycles. The molecule has 1 aliphatic rings. The van der Waals surface area contributed by atoms with Crippen LogP contribution in [-0.4, -0.2) is 39.5 Å². The number of H-pyrrole nitrogens is 1. The number of piperidine rings is 1. The van der Waals surface area contributed by atoms with Crippen LogP contribution in [0.4, 0.5) is 5.82 Å². The average Bonchev–Trinajstić information content (AvgIpc) is 2.92. The summed E-state index contributed by atoms with van der Waals surface area (Å²) in [7, 11) is 0. The highest BCUT2D eigenvalue weighted by Gasteiger charge is 2.20. The minimum absolute atomic E-state index is 0.486. The molecule has 0 bridgehead atoms. The van der Waals surface area contributed by atoms with Crippen molar-refractivity contribution in [1.29, 1.82) is 0 Å². The van der Waals surface area contributed by atoms with E-state index in [1.807, 2.05) is 18.3 Å². The van der Waals surface area contributed by atoms with Crippen molar-refractivity contribution >= 4 is 5.82 Å². The lowest BCUT2D eigenvalue weighted by Gasteiger charge is -2.33. The average molecular weight is 272 g/mol. The highest BCUT2D eigenvalue weighted by atomic mass is 15.3. The highest BCUT2D eigenvalue weighted by Crippen LogP contribution is 2.17. The van der Waals surface area contributed by atoms with Gasteiger partial charge in [-0.25, -0.2) is 0 Å². The van der Waals surface area contributed by atoms with Crippen molar-refractivity contribution in [2.45, 2.75) is 32.4 Å². The quantitative estimate of drug-likeness (QED) is 0.877. The van der Waals surface area contributed by atoms with Crippen molar-refractivity contribution in [3.8, 4) is 0 Å². The number of aromatic nitrogens is 4. The summed E-state index contributed by atoms with van der Waals surface area (Å²) in [6.07, 6.45) is 5.99. The molecule has 106 valence electrons. The van der Waals surface area contributed by atoms with Crippen LogP contribution in [0.5, 0.6) is 0 Å².